The zero-order valence-corrected chi connectivity index (χ0v) is 13.7. The SMILES string of the molecule is COCc1nsc(N[C@H](C)CN2C[C@H](C)C[C@H](C)C2)n1. The van der Waals surface area contributed by atoms with E-state index in [0.717, 1.165) is 29.3 Å². The minimum absolute atomic E-state index is 0.385. The van der Waals surface area contributed by atoms with Gasteiger partial charge in [-0.15, -0.1) is 0 Å². The minimum atomic E-state index is 0.385. The quantitative estimate of drug-likeness (QED) is 0.874. The van der Waals surface area contributed by atoms with E-state index in [1.165, 1.54) is 31.0 Å². The van der Waals surface area contributed by atoms with Crippen molar-refractivity contribution < 1.29 is 4.74 Å². The van der Waals surface area contributed by atoms with Crippen molar-refractivity contribution >= 4 is 16.7 Å². The van der Waals surface area contributed by atoms with Crippen molar-refractivity contribution in [3.05, 3.63) is 5.82 Å². The highest BCUT2D eigenvalue weighted by Crippen LogP contribution is 2.21. The Balaban J connectivity index is 1.80. The molecule has 5 nitrogen and oxygen atoms in total. The zero-order valence-electron chi connectivity index (χ0n) is 12.9. The van der Waals surface area contributed by atoms with Crippen molar-refractivity contribution in [2.24, 2.45) is 11.8 Å². The van der Waals surface area contributed by atoms with Crippen LogP contribution in [0.2, 0.25) is 0 Å². The van der Waals surface area contributed by atoms with Gasteiger partial charge in [-0.1, -0.05) is 13.8 Å². The fourth-order valence-electron chi connectivity index (χ4n) is 3.09. The predicted molar refractivity (Wildman–Crippen MR) is 83.1 cm³/mol. The van der Waals surface area contributed by atoms with Gasteiger partial charge in [0.05, 0.1) is 0 Å². The molecule has 3 atom stereocenters. The number of nitrogens with one attached hydrogen (secondary N) is 1. The molecule has 0 radical (unpaired) electrons. The smallest absolute Gasteiger partial charge is 0.202 e. The van der Waals surface area contributed by atoms with E-state index in [1.54, 1.807) is 7.11 Å². The molecule has 0 saturated carbocycles. The largest absolute Gasteiger partial charge is 0.377 e. The topological polar surface area (TPSA) is 50.3 Å². The third-order valence-electron chi connectivity index (χ3n) is 3.59. The number of hydrogen-bond donors (Lipinski definition) is 1. The van der Waals surface area contributed by atoms with Gasteiger partial charge in [0, 0.05) is 44.3 Å². The van der Waals surface area contributed by atoms with Crippen LogP contribution in [-0.2, 0) is 11.3 Å². The summed E-state index contributed by atoms with van der Waals surface area (Å²) >= 11 is 1.41. The fraction of sp³-hybridized carbons (Fsp3) is 0.857. The Morgan fingerprint density at radius 1 is 1.40 bits per heavy atom. The lowest BCUT2D eigenvalue weighted by atomic mass is 9.92. The number of aromatic nitrogens is 2. The summed E-state index contributed by atoms with van der Waals surface area (Å²) < 4.78 is 9.30. The summed E-state index contributed by atoms with van der Waals surface area (Å²) in [5.74, 6) is 2.37. The molecule has 0 aliphatic carbocycles. The molecule has 1 aliphatic rings. The van der Waals surface area contributed by atoms with Crippen molar-refractivity contribution in [1.82, 2.24) is 14.3 Å². The molecule has 2 rings (SSSR count). The van der Waals surface area contributed by atoms with Gasteiger partial charge in [-0.05, 0) is 25.2 Å². The van der Waals surface area contributed by atoms with Gasteiger partial charge in [0.15, 0.2) is 5.82 Å². The van der Waals surface area contributed by atoms with Gasteiger partial charge < -0.3 is 15.0 Å². The maximum atomic E-state index is 5.04. The van der Waals surface area contributed by atoms with Crippen LogP contribution >= 0.6 is 11.5 Å². The van der Waals surface area contributed by atoms with Gasteiger partial charge in [-0.25, -0.2) is 4.98 Å². The Labute approximate surface area is 125 Å². The summed E-state index contributed by atoms with van der Waals surface area (Å²) in [6, 6.07) is 0.385. The monoisotopic (exact) mass is 298 g/mol. The molecule has 114 valence electrons. The number of hydrogen-bond acceptors (Lipinski definition) is 6. The van der Waals surface area contributed by atoms with Gasteiger partial charge in [-0.2, -0.15) is 4.37 Å². The van der Waals surface area contributed by atoms with Crippen molar-refractivity contribution in [2.75, 3.05) is 32.1 Å². The number of piperidine rings is 1. The minimum Gasteiger partial charge on any atom is -0.377 e. The number of methoxy groups -OCH3 is 1. The van der Waals surface area contributed by atoms with Crippen LogP contribution in [0.25, 0.3) is 0 Å². The van der Waals surface area contributed by atoms with E-state index in [9.17, 15) is 0 Å². The van der Waals surface area contributed by atoms with E-state index in [4.69, 9.17) is 4.74 Å². The average Bonchev–Trinajstić information content (AvgIpc) is 2.75. The summed E-state index contributed by atoms with van der Waals surface area (Å²) in [5, 5.41) is 4.34. The maximum absolute atomic E-state index is 5.04. The number of likely N-dealkylation sites (tertiary alicyclic amines) is 1. The number of nitrogens with zero attached hydrogens (tertiary/aromatic N) is 3. The number of ether oxygens (including phenoxy) is 1. The molecule has 0 bridgehead atoms. The summed E-state index contributed by atoms with van der Waals surface area (Å²) in [4.78, 5) is 6.98. The molecule has 20 heavy (non-hydrogen) atoms. The lowest BCUT2D eigenvalue weighted by Crippen LogP contribution is -2.43. The molecule has 2 heterocycles. The molecule has 1 aromatic heterocycles. The Kier molecular flexibility index (Phi) is 5.74. The second-order valence-corrected chi connectivity index (χ2v) is 6.91. The molecule has 1 aromatic rings. The second kappa shape index (κ2) is 7.33. The molecular formula is C14H26N4OS. The third kappa shape index (κ3) is 4.68. The Morgan fingerprint density at radius 3 is 2.75 bits per heavy atom. The van der Waals surface area contributed by atoms with E-state index in [1.807, 2.05) is 0 Å². The zero-order chi connectivity index (χ0) is 14.5. The van der Waals surface area contributed by atoms with E-state index in [0.29, 0.717) is 12.6 Å². The van der Waals surface area contributed by atoms with Gasteiger partial charge in [0.1, 0.15) is 6.61 Å². The first-order valence-electron chi connectivity index (χ1n) is 7.37. The molecule has 0 spiro atoms. The van der Waals surface area contributed by atoms with E-state index in [2.05, 4.69) is 40.3 Å². The van der Waals surface area contributed by atoms with Crippen molar-refractivity contribution in [3.63, 3.8) is 0 Å². The first-order valence-corrected chi connectivity index (χ1v) is 8.14. The standard InChI is InChI=1S/C14H26N4OS/c1-10-5-11(2)7-18(6-10)8-12(3)15-14-16-13(9-19-4)17-20-14/h10-12H,5-9H2,1-4H3,(H,15,16,17)/t10-,11+,12-/m1/s1. The van der Waals surface area contributed by atoms with Crippen molar-refractivity contribution in [2.45, 2.75) is 39.8 Å². The van der Waals surface area contributed by atoms with Crippen molar-refractivity contribution in [1.29, 1.82) is 0 Å². The highest BCUT2D eigenvalue weighted by atomic mass is 32.1. The first-order chi connectivity index (χ1) is 9.56. The highest BCUT2D eigenvalue weighted by Gasteiger charge is 2.23. The van der Waals surface area contributed by atoms with Gasteiger partial charge in [-0.3, -0.25) is 0 Å². The van der Waals surface area contributed by atoms with Crippen LogP contribution in [0, 0.1) is 11.8 Å². The van der Waals surface area contributed by atoms with E-state index < -0.39 is 0 Å². The molecule has 1 N–H and O–H groups in total. The summed E-state index contributed by atoms with van der Waals surface area (Å²) in [5.41, 5.74) is 0. The van der Waals surface area contributed by atoms with E-state index >= 15 is 0 Å². The molecule has 0 unspecified atom stereocenters. The van der Waals surface area contributed by atoms with Crippen LogP contribution in [0.3, 0.4) is 0 Å². The second-order valence-electron chi connectivity index (χ2n) is 6.16. The molecule has 6 heteroatoms. The van der Waals surface area contributed by atoms with Crippen molar-refractivity contribution in [3.8, 4) is 0 Å². The summed E-state index contributed by atoms with van der Waals surface area (Å²) in [7, 11) is 1.66. The summed E-state index contributed by atoms with van der Waals surface area (Å²) in [6.07, 6.45) is 1.36. The number of rotatable bonds is 6. The lowest BCUT2D eigenvalue weighted by Gasteiger charge is -2.36. The molecule has 0 amide bonds. The lowest BCUT2D eigenvalue weighted by molar-refractivity contribution is 0.138. The van der Waals surface area contributed by atoms with Crippen LogP contribution in [-0.4, -0.2) is 47.0 Å². The predicted octanol–water partition coefficient (Wildman–Crippen LogP) is 2.46. The van der Waals surface area contributed by atoms with Crippen LogP contribution < -0.4 is 5.32 Å². The van der Waals surface area contributed by atoms with Gasteiger partial charge >= 0.3 is 0 Å². The molecule has 0 aromatic carbocycles. The summed E-state index contributed by atoms with van der Waals surface area (Å²) in [6.45, 7) is 10.9. The molecule has 1 saturated heterocycles. The normalized spacial score (nSPS) is 25.6. The molecular weight excluding hydrogens is 272 g/mol. The average molecular weight is 298 g/mol. The molecule has 1 aliphatic heterocycles. The van der Waals surface area contributed by atoms with Crippen LogP contribution in [0.1, 0.15) is 33.0 Å². The Bertz CT molecular complexity index is 402. The van der Waals surface area contributed by atoms with Crippen LogP contribution in [0.5, 0.6) is 0 Å². The van der Waals surface area contributed by atoms with Crippen LogP contribution in [0.4, 0.5) is 5.13 Å². The third-order valence-corrected chi connectivity index (χ3v) is 4.27. The van der Waals surface area contributed by atoms with E-state index in [-0.39, 0.29) is 0 Å². The number of anilines is 1. The highest BCUT2D eigenvalue weighted by molar-refractivity contribution is 7.09. The Morgan fingerprint density at radius 2 is 2.10 bits per heavy atom. The fourth-order valence-corrected chi connectivity index (χ4v) is 3.77. The molecule has 1 fully saturated rings. The Hall–Kier alpha value is -0.720. The van der Waals surface area contributed by atoms with Gasteiger partial charge in [0.2, 0.25) is 5.13 Å². The van der Waals surface area contributed by atoms with Crippen LogP contribution in [0.15, 0.2) is 0 Å². The maximum Gasteiger partial charge on any atom is 0.202 e. The van der Waals surface area contributed by atoms with Gasteiger partial charge in [0.25, 0.3) is 0 Å². The first kappa shape index (κ1) is 15.7.